The minimum atomic E-state index is -0.454. The Hall–Kier alpha value is -2.08. The molecule has 112 valence electrons. The molecule has 0 bridgehead atoms. The van der Waals surface area contributed by atoms with Crippen molar-refractivity contribution in [1.82, 2.24) is 14.8 Å². The van der Waals surface area contributed by atoms with E-state index in [0.29, 0.717) is 23.2 Å². The van der Waals surface area contributed by atoms with Gasteiger partial charge in [-0.25, -0.2) is 9.67 Å². The predicted molar refractivity (Wildman–Crippen MR) is 79.1 cm³/mol. The number of halogens is 1. The molecule has 7 heteroatoms. The van der Waals surface area contributed by atoms with Crippen LogP contribution in [0.15, 0.2) is 18.2 Å². The number of aryl methyl sites for hydroxylation is 2. The van der Waals surface area contributed by atoms with Crippen molar-refractivity contribution in [3.63, 3.8) is 0 Å². The van der Waals surface area contributed by atoms with Crippen LogP contribution >= 0.6 is 11.6 Å². The lowest BCUT2D eigenvalue weighted by Gasteiger charge is -2.09. The highest BCUT2D eigenvalue weighted by molar-refractivity contribution is 6.30. The van der Waals surface area contributed by atoms with Gasteiger partial charge in [0.25, 0.3) is 0 Å². The van der Waals surface area contributed by atoms with Crippen molar-refractivity contribution in [2.75, 3.05) is 0 Å². The van der Waals surface area contributed by atoms with E-state index in [1.807, 2.05) is 26.0 Å². The summed E-state index contributed by atoms with van der Waals surface area (Å²) in [6.07, 6.45) is 0.0278. The van der Waals surface area contributed by atoms with Crippen molar-refractivity contribution in [2.24, 2.45) is 5.73 Å². The molecule has 0 aliphatic rings. The average Bonchev–Trinajstić information content (AvgIpc) is 2.79. The minimum Gasteiger partial charge on any atom is -0.485 e. The van der Waals surface area contributed by atoms with Crippen LogP contribution in [0.1, 0.15) is 24.1 Å². The van der Waals surface area contributed by atoms with Crippen LogP contribution in [0.4, 0.5) is 0 Å². The number of carbonyl (C=O) groups excluding carboxylic acids is 1. The Labute approximate surface area is 127 Å². The van der Waals surface area contributed by atoms with E-state index in [-0.39, 0.29) is 13.0 Å². The number of amides is 1. The number of nitrogens with zero attached hydrogens (tertiary/aromatic N) is 3. The van der Waals surface area contributed by atoms with Crippen molar-refractivity contribution in [3.05, 3.63) is 40.4 Å². The third-order valence-corrected chi connectivity index (χ3v) is 3.15. The minimum absolute atomic E-state index is 0.0278. The van der Waals surface area contributed by atoms with Gasteiger partial charge in [0, 0.05) is 11.6 Å². The van der Waals surface area contributed by atoms with Crippen LogP contribution in [-0.4, -0.2) is 20.7 Å². The Kier molecular flexibility index (Phi) is 4.80. The van der Waals surface area contributed by atoms with Gasteiger partial charge in [-0.3, -0.25) is 4.79 Å². The van der Waals surface area contributed by atoms with E-state index in [2.05, 4.69) is 10.1 Å². The van der Waals surface area contributed by atoms with Gasteiger partial charge in [0.15, 0.2) is 11.6 Å². The maximum absolute atomic E-state index is 10.9. The summed E-state index contributed by atoms with van der Waals surface area (Å²) in [4.78, 5) is 15.2. The van der Waals surface area contributed by atoms with Crippen LogP contribution in [-0.2, 0) is 24.4 Å². The summed E-state index contributed by atoms with van der Waals surface area (Å²) in [5.74, 6) is 1.35. The Bertz CT molecular complexity index is 654. The monoisotopic (exact) mass is 308 g/mol. The number of aromatic nitrogens is 3. The third-order valence-electron chi connectivity index (χ3n) is 2.92. The molecule has 0 saturated carbocycles. The third kappa shape index (κ3) is 3.95. The van der Waals surface area contributed by atoms with E-state index >= 15 is 0 Å². The van der Waals surface area contributed by atoms with Gasteiger partial charge in [0.1, 0.15) is 12.4 Å². The topological polar surface area (TPSA) is 83.0 Å². The zero-order valence-electron chi connectivity index (χ0n) is 12.0. The standard InChI is InChI=1S/C14H17ClN4O2/c1-3-19-14(17-13(18-19)7-12(16)20)8-21-11-5-4-10(15)6-9(11)2/h4-6H,3,7-8H2,1-2H3,(H2,16,20). The summed E-state index contributed by atoms with van der Waals surface area (Å²) < 4.78 is 7.44. The van der Waals surface area contributed by atoms with Crippen LogP contribution < -0.4 is 10.5 Å². The van der Waals surface area contributed by atoms with E-state index in [4.69, 9.17) is 22.1 Å². The first-order chi connectivity index (χ1) is 9.99. The molecule has 0 spiro atoms. The fourth-order valence-electron chi connectivity index (χ4n) is 1.93. The summed E-state index contributed by atoms with van der Waals surface area (Å²) in [7, 11) is 0. The molecule has 21 heavy (non-hydrogen) atoms. The van der Waals surface area contributed by atoms with E-state index in [9.17, 15) is 4.79 Å². The van der Waals surface area contributed by atoms with Gasteiger partial charge >= 0.3 is 0 Å². The van der Waals surface area contributed by atoms with Crippen LogP contribution in [0.5, 0.6) is 5.75 Å². The molecule has 1 aromatic heterocycles. The zero-order valence-corrected chi connectivity index (χ0v) is 12.7. The van der Waals surface area contributed by atoms with Crippen LogP contribution in [0.3, 0.4) is 0 Å². The summed E-state index contributed by atoms with van der Waals surface area (Å²) in [5, 5.41) is 4.89. The number of ether oxygens (including phenoxy) is 1. The molecular formula is C14H17ClN4O2. The van der Waals surface area contributed by atoms with E-state index in [0.717, 1.165) is 11.3 Å². The number of primary amides is 1. The molecule has 0 aliphatic carbocycles. The summed E-state index contributed by atoms with van der Waals surface area (Å²) >= 11 is 5.91. The van der Waals surface area contributed by atoms with E-state index < -0.39 is 5.91 Å². The van der Waals surface area contributed by atoms with Gasteiger partial charge in [-0.15, -0.1) is 0 Å². The quantitative estimate of drug-likeness (QED) is 0.883. The second-order valence-electron chi connectivity index (χ2n) is 4.60. The smallest absolute Gasteiger partial charge is 0.225 e. The fourth-order valence-corrected chi connectivity index (χ4v) is 2.16. The Balaban J connectivity index is 2.11. The van der Waals surface area contributed by atoms with E-state index in [1.165, 1.54) is 0 Å². The lowest BCUT2D eigenvalue weighted by atomic mass is 10.2. The van der Waals surface area contributed by atoms with Crippen molar-refractivity contribution < 1.29 is 9.53 Å². The maximum Gasteiger partial charge on any atom is 0.225 e. The molecule has 1 heterocycles. The lowest BCUT2D eigenvalue weighted by molar-refractivity contribution is -0.117. The molecule has 0 atom stereocenters. The molecular weight excluding hydrogens is 292 g/mol. The SMILES string of the molecule is CCn1nc(CC(N)=O)nc1COc1ccc(Cl)cc1C. The average molecular weight is 309 g/mol. The largest absolute Gasteiger partial charge is 0.485 e. The first kappa shape index (κ1) is 15.3. The highest BCUT2D eigenvalue weighted by Crippen LogP contribution is 2.22. The Morgan fingerprint density at radius 1 is 1.48 bits per heavy atom. The van der Waals surface area contributed by atoms with Gasteiger partial charge in [-0.05, 0) is 37.6 Å². The number of nitrogens with two attached hydrogens (primary N) is 1. The molecule has 6 nitrogen and oxygen atoms in total. The van der Waals surface area contributed by atoms with Gasteiger partial charge < -0.3 is 10.5 Å². The second-order valence-corrected chi connectivity index (χ2v) is 5.04. The van der Waals surface area contributed by atoms with Crippen molar-refractivity contribution in [2.45, 2.75) is 33.4 Å². The van der Waals surface area contributed by atoms with Crippen molar-refractivity contribution >= 4 is 17.5 Å². The van der Waals surface area contributed by atoms with Gasteiger partial charge in [-0.2, -0.15) is 5.10 Å². The molecule has 2 aromatic rings. The number of hydrogen-bond acceptors (Lipinski definition) is 4. The molecule has 2 rings (SSSR count). The number of hydrogen-bond donors (Lipinski definition) is 1. The van der Waals surface area contributed by atoms with Gasteiger partial charge in [0.05, 0.1) is 6.42 Å². The molecule has 2 N–H and O–H groups in total. The van der Waals surface area contributed by atoms with Gasteiger partial charge in [0.2, 0.25) is 5.91 Å². The highest BCUT2D eigenvalue weighted by Gasteiger charge is 2.12. The van der Waals surface area contributed by atoms with E-state index in [1.54, 1.807) is 10.7 Å². The second kappa shape index (κ2) is 6.58. The number of carbonyl (C=O) groups is 1. The molecule has 1 aromatic carbocycles. The molecule has 0 saturated heterocycles. The molecule has 0 aliphatic heterocycles. The Morgan fingerprint density at radius 2 is 2.24 bits per heavy atom. The highest BCUT2D eigenvalue weighted by atomic mass is 35.5. The molecule has 1 amide bonds. The first-order valence-electron chi connectivity index (χ1n) is 6.59. The van der Waals surface area contributed by atoms with Crippen molar-refractivity contribution in [1.29, 1.82) is 0 Å². The lowest BCUT2D eigenvalue weighted by Crippen LogP contribution is -2.14. The van der Waals surface area contributed by atoms with Gasteiger partial charge in [-0.1, -0.05) is 11.6 Å². The zero-order chi connectivity index (χ0) is 15.4. The molecule has 0 radical (unpaired) electrons. The van der Waals surface area contributed by atoms with Crippen LogP contribution in [0, 0.1) is 6.92 Å². The first-order valence-corrected chi connectivity index (χ1v) is 6.97. The number of rotatable bonds is 6. The van der Waals surface area contributed by atoms with Crippen LogP contribution in [0.2, 0.25) is 5.02 Å². The predicted octanol–water partition coefficient (Wildman–Crippen LogP) is 1.87. The molecule has 0 fully saturated rings. The normalized spacial score (nSPS) is 10.6. The Morgan fingerprint density at radius 3 is 2.86 bits per heavy atom. The summed E-state index contributed by atoms with van der Waals surface area (Å²) in [5.41, 5.74) is 6.10. The maximum atomic E-state index is 10.9. The number of benzene rings is 1. The van der Waals surface area contributed by atoms with Crippen LogP contribution in [0.25, 0.3) is 0 Å². The summed E-state index contributed by atoms with van der Waals surface area (Å²) in [6.45, 7) is 4.77. The molecule has 0 unspecified atom stereocenters. The fraction of sp³-hybridized carbons (Fsp3) is 0.357. The van der Waals surface area contributed by atoms with Crippen molar-refractivity contribution in [3.8, 4) is 5.75 Å². The summed E-state index contributed by atoms with van der Waals surface area (Å²) in [6, 6.07) is 5.42.